The Morgan fingerprint density at radius 3 is 2.35 bits per heavy atom. The van der Waals surface area contributed by atoms with Gasteiger partial charge in [-0.2, -0.15) is 5.10 Å². The van der Waals surface area contributed by atoms with Crippen LogP contribution in [0.15, 0.2) is 17.2 Å². The molecule has 0 atom stereocenters. The zero-order valence-corrected chi connectivity index (χ0v) is 12.6. The molecule has 110 valence electrons. The van der Waals surface area contributed by atoms with E-state index in [1.165, 1.54) is 11.9 Å². The number of nitrogens with two attached hydrogens (primary N) is 1. The first kappa shape index (κ1) is 16.3. The van der Waals surface area contributed by atoms with Gasteiger partial charge in [0.25, 0.3) is 0 Å². The van der Waals surface area contributed by atoms with Crippen molar-refractivity contribution in [3.8, 4) is 5.75 Å². The number of nitrogens with zero attached hydrogens (tertiary/aromatic N) is 2. The Kier molecular flexibility index (Phi) is 4.65. The molecule has 0 spiro atoms. The number of aromatic hydroxyl groups is 1. The molecule has 0 aromatic heterocycles. The summed E-state index contributed by atoms with van der Waals surface area (Å²) in [5, 5.41) is 15.2. The fourth-order valence-electron chi connectivity index (χ4n) is 1.58. The van der Waals surface area contributed by atoms with E-state index in [0.29, 0.717) is 6.07 Å². The van der Waals surface area contributed by atoms with Crippen LogP contribution < -0.4 is 5.73 Å². The van der Waals surface area contributed by atoms with E-state index >= 15 is 0 Å². The molecule has 4 nitrogen and oxygen atoms in total. The van der Waals surface area contributed by atoms with E-state index < -0.39 is 22.9 Å². The number of rotatable bonds is 2. The molecule has 1 aromatic rings. The Morgan fingerprint density at radius 2 is 1.90 bits per heavy atom. The topological polar surface area (TPSA) is 61.8 Å². The number of hydrogen-bond acceptors (Lipinski definition) is 3. The summed E-state index contributed by atoms with van der Waals surface area (Å²) in [5.74, 6) is -2.51. The van der Waals surface area contributed by atoms with Crippen molar-refractivity contribution in [2.45, 2.75) is 33.2 Å². The van der Waals surface area contributed by atoms with E-state index in [4.69, 9.17) is 18.0 Å². The average molecular weight is 301 g/mol. The normalized spacial score (nSPS) is 12.4. The van der Waals surface area contributed by atoms with Crippen LogP contribution in [0.25, 0.3) is 0 Å². The van der Waals surface area contributed by atoms with Crippen LogP contribution in [0.5, 0.6) is 5.75 Å². The van der Waals surface area contributed by atoms with Crippen LogP contribution in [0.4, 0.5) is 8.78 Å². The first-order valence-electron chi connectivity index (χ1n) is 5.87. The summed E-state index contributed by atoms with van der Waals surface area (Å²) in [6.07, 6.45) is 0. The van der Waals surface area contributed by atoms with Gasteiger partial charge in [0.05, 0.1) is 11.3 Å². The lowest BCUT2D eigenvalue weighted by Crippen LogP contribution is -2.45. The molecule has 20 heavy (non-hydrogen) atoms. The largest absolute Gasteiger partial charge is 0.504 e. The predicted molar refractivity (Wildman–Crippen MR) is 78.6 cm³/mol. The van der Waals surface area contributed by atoms with Crippen molar-refractivity contribution in [1.29, 1.82) is 0 Å². The zero-order valence-electron chi connectivity index (χ0n) is 11.7. The molecule has 0 unspecified atom stereocenters. The molecule has 3 N–H and O–H groups in total. The molecule has 0 saturated carbocycles. The van der Waals surface area contributed by atoms with Gasteiger partial charge in [-0.15, -0.1) is 0 Å². The number of halogens is 2. The minimum Gasteiger partial charge on any atom is -0.504 e. The highest BCUT2D eigenvalue weighted by Crippen LogP contribution is 2.24. The molecule has 0 aliphatic heterocycles. The summed E-state index contributed by atoms with van der Waals surface area (Å²) in [7, 11) is 0. The number of phenolic OH excluding ortho intramolecular Hbond substituents is 1. The van der Waals surface area contributed by atoms with Gasteiger partial charge in [-0.3, -0.25) is 0 Å². The van der Waals surface area contributed by atoms with E-state index in [1.807, 2.05) is 20.8 Å². The lowest BCUT2D eigenvalue weighted by Gasteiger charge is -2.31. The minimum atomic E-state index is -1.05. The molecule has 1 rings (SSSR count). The smallest absolute Gasteiger partial charge is 0.187 e. The van der Waals surface area contributed by atoms with Crippen molar-refractivity contribution in [1.82, 2.24) is 5.01 Å². The quantitative estimate of drug-likeness (QED) is 0.501. The third-order valence-electron chi connectivity index (χ3n) is 2.51. The highest BCUT2D eigenvalue weighted by Gasteiger charge is 2.23. The molecule has 0 saturated heterocycles. The summed E-state index contributed by atoms with van der Waals surface area (Å²) < 4.78 is 26.5. The monoisotopic (exact) mass is 301 g/mol. The van der Waals surface area contributed by atoms with Crippen LogP contribution in [0.2, 0.25) is 0 Å². The third kappa shape index (κ3) is 3.63. The van der Waals surface area contributed by atoms with E-state index in [1.54, 1.807) is 0 Å². The van der Waals surface area contributed by atoms with Crippen molar-refractivity contribution in [2.24, 2.45) is 10.8 Å². The van der Waals surface area contributed by atoms with Crippen LogP contribution in [-0.2, 0) is 0 Å². The van der Waals surface area contributed by atoms with Gasteiger partial charge in [0.15, 0.2) is 16.7 Å². The lowest BCUT2D eigenvalue weighted by molar-refractivity contribution is 0.248. The standard InChI is InChI=1S/C13H17F2N3OS/c1-7(17-18(12(16)20)13(2,3)4)9-5-8(14)6-10(15)11(9)19/h5-6,19H,1-4H3,(H2,16,20)/b17-7+. The van der Waals surface area contributed by atoms with Gasteiger partial charge < -0.3 is 10.8 Å². The van der Waals surface area contributed by atoms with Gasteiger partial charge in [0.2, 0.25) is 0 Å². The molecule has 0 bridgehead atoms. The summed E-state index contributed by atoms with van der Waals surface area (Å²) in [5.41, 5.74) is 5.23. The molecule has 1 aromatic carbocycles. The minimum absolute atomic E-state index is 0.0215. The van der Waals surface area contributed by atoms with E-state index in [2.05, 4.69) is 5.10 Å². The van der Waals surface area contributed by atoms with Gasteiger partial charge in [0.1, 0.15) is 5.82 Å². The summed E-state index contributed by atoms with van der Waals surface area (Å²) >= 11 is 4.90. The number of hydrogen-bond donors (Lipinski definition) is 2. The number of hydrazone groups is 1. The molecule has 0 heterocycles. The van der Waals surface area contributed by atoms with Crippen LogP contribution >= 0.6 is 12.2 Å². The third-order valence-corrected chi connectivity index (χ3v) is 2.69. The van der Waals surface area contributed by atoms with E-state index in [0.717, 1.165) is 6.07 Å². The van der Waals surface area contributed by atoms with E-state index in [9.17, 15) is 13.9 Å². The molecular formula is C13H17F2N3OS. The second-order valence-corrected chi connectivity index (χ2v) is 5.71. The SMILES string of the molecule is C/C(=N\N(C(N)=S)C(C)(C)C)c1cc(F)cc(F)c1O. The molecule has 0 aliphatic carbocycles. The fourth-order valence-corrected chi connectivity index (χ4v) is 1.89. The highest BCUT2D eigenvalue weighted by atomic mass is 32.1. The Morgan fingerprint density at radius 1 is 1.35 bits per heavy atom. The number of phenols is 1. The first-order valence-corrected chi connectivity index (χ1v) is 6.28. The molecule has 0 fully saturated rings. The van der Waals surface area contributed by atoms with Crippen molar-refractivity contribution in [2.75, 3.05) is 0 Å². The Labute approximate surface area is 121 Å². The zero-order chi connectivity index (χ0) is 15.7. The predicted octanol–water partition coefficient (Wildman–Crippen LogP) is 2.74. The molecule has 7 heteroatoms. The maximum absolute atomic E-state index is 13.3. The number of benzene rings is 1. The van der Waals surface area contributed by atoms with Gasteiger partial charge in [-0.05, 0) is 46.0 Å². The highest BCUT2D eigenvalue weighted by molar-refractivity contribution is 7.80. The average Bonchev–Trinajstić information content (AvgIpc) is 2.28. The van der Waals surface area contributed by atoms with Crippen molar-refractivity contribution in [3.63, 3.8) is 0 Å². The number of thiocarbonyl (C=S) groups is 1. The molecule has 0 amide bonds. The van der Waals surface area contributed by atoms with Gasteiger partial charge in [-0.1, -0.05) is 0 Å². The Balaban J connectivity index is 3.33. The van der Waals surface area contributed by atoms with Crippen molar-refractivity contribution in [3.05, 3.63) is 29.3 Å². The first-order chi connectivity index (χ1) is 9.04. The van der Waals surface area contributed by atoms with Crippen molar-refractivity contribution < 1.29 is 13.9 Å². The Bertz CT molecular complexity index is 567. The molecule has 0 radical (unpaired) electrons. The maximum Gasteiger partial charge on any atom is 0.187 e. The van der Waals surface area contributed by atoms with Crippen LogP contribution in [0.1, 0.15) is 33.3 Å². The van der Waals surface area contributed by atoms with Gasteiger partial charge in [0, 0.05) is 11.6 Å². The molecule has 0 aliphatic rings. The summed E-state index contributed by atoms with van der Waals surface area (Å²) in [6.45, 7) is 6.99. The summed E-state index contributed by atoms with van der Waals surface area (Å²) in [6, 6.07) is 1.60. The van der Waals surface area contributed by atoms with Gasteiger partial charge in [-0.25, -0.2) is 13.8 Å². The second-order valence-electron chi connectivity index (χ2n) is 5.29. The summed E-state index contributed by atoms with van der Waals surface area (Å²) in [4.78, 5) is 0. The molecular weight excluding hydrogens is 284 g/mol. The van der Waals surface area contributed by atoms with Crippen LogP contribution in [0.3, 0.4) is 0 Å². The Hall–Kier alpha value is -1.76. The van der Waals surface area contributed by atoms with Gasteiger partial charge >= 0.3 is 0 Å². The lowest BCUT2D eigenvalue weighted by atomic mass is 10.1. The van der Waals surface area contributed by atoms with Crippen LogP contribution in [0, 0.1) is 11.6 Å². The fraction of sp³-hybridized carbons (Fsp3) is 0.385. The maximum atomic E-state index is 13.3. The second kappa shape index (κ2) is 5.70. The van der Waals surface area contributed by atoms with Crippen LogP contribution in [-0.4, -0.2) is 26.5 Å². The van der Waals surface area contributed by atoms with E-state index in [-0.39, 0.29) is 16.4 Å². The van der Waals surface area contributed by atoms with Crippen molar-refractivity contribution >= 4 is 23.0 Å².